The second-order valence-electron chi connectivity index (χ2n) is 2.85. The molecule has 0 aliphatic heterocycles. The van der Waals surface area contributed by atoms with Gasteiger partial charge in [0.1, 0.15) is 0 Å². The molecule has 1 nitrogen and oxygen atoms in total. The lowest BCUT2D eigenvalue weighted by atomic mass is 10.1. The van der Waals surface area contributed by atoms with E-state index in [-0.39, 0.29) is 0 Å². The first kappa shape index (κ1) is 10.6. The molecule has 2 rings (SSSR count). The molecule has 1 aromatic carbocycles. The van der Waals surface area contributed by atoms with E-state index in [9.17, 15) is 4.79 Å². The molecule has 1 heterocycles. The van der Waals surface area contributed by atoms with Crippen LogP contribution >= 0.6 is 49.9 Å². The normalized spacial score (nSPS) is 10.7. The molecule has 0 N–H and O–H groups in total. The van der Waals surface area contributed by atoms with Crippen LogP contribution < -0.4 is 0 Å². The first-order chi connectivity index (χ1) is 6.77. The smallest absolute Gasteiger partial charge is 0.151 e. The SMILES string of the molecule is O=Cc1c(CBr)cc2sccc2c1I. The predicted octanol–water partition coefficient (Wildman–Crippen LogP) is 4.21. The highest BCUT2D eigenvalue weighted by Crippen LogP contribution is 2.31. The van der Waals surface area contributed by atoms with E-state index < -0.39 is 0 Å². The molecule has 0 amide bonds. The molecule has 0 saturated carbocycles. The maximum absolute atomic E-state index is 11.0. The fourth-order valence-corrected chi connectivity index (χ4v) is 3.82. The minimum Gasteiger partial charge on any atom is -0.298 e. The van der Waals surface area contributed by atoms with Crippen molar-refractivity contribution in [1.82, 2.24) is 0 Å². The summed E-state index contributed by atoms with van der Waals surface area (Å²) in [6.07, 6.45) is 0.940. The zero-order valence-corrected chi connectivity index (χ0v) is 11.6. The molecule has 0 fully saturated rings. The summed E-state index contributed by atoms with van der Waals surface area (Å²) < 4.78 is 2.31. The molecule has 0 atom stereocenters. The zero-order valence-electron chi connectivity index (χ0n) is 7.09. The number of benzene rings is 1. The molecule has 1 aromatic heterocycles. The topological polar surface area (TPSA) is 17.1 Å². The summed E-state index contributed by atoms with van der Waals surface area (Å²) in [6, 6.07) is 4.15. The number of hydrogen-bond acceptors (Lipinski definition) is 2. The van der Waals surface area contributed by atoms with Gasteiger partial charge in [-0.05, 0) is 45.7 Å². The second kappa shape index (κ2) is 4.28. The zero-order chi connectivity index (χ0) is 10.1. The molecule has 0 aliphatic carbocycles. The van der Waals surface area contributed by atoms with Gasteiger partial charge >= 0.3 is 0 Å². The van der Waals surface area contributed by atoms with Gasteiger partial charge in [-0.1, -0.05) is 15.9 Å². The van der Waals surface area contributed by atoms with Gasteiger partial charge in [0.05, 0.1) is 0 Å². The Labute approximate surface area is 108 Å². The summed E-state index contributed by atoms with van der Waals surface area (Å²) >= 11 is 7.35. The van der Waals surface area contributed by atoms with Gasteiger partial charge in [0.2, 0.25) is 0 Å². The maximum Gasteiger partial charge on any atom is 0.151 e. The number of thiophene rings is 1. The van der Waals surface area contributed by atoms with Crippen molar-refractivity contribution in [1.29, 1.82) is 0 Å². The maximum atomic E-state index is 11.0. The molecule has 0 spiro atoms. The third-order valence-electron chi connectivity index (χ3n) is 2.08. The fourth-order valence-electron chi connectivity index (χ4n) is 1.37. The van der Waals surface area contributed by atoms with Crippen LogP contribution in [0.1, 0.15) is 15.9 Å². The first-order valence-electron chi connectivity index (χ1n) is 3.97. The molecule has 0 radical (unpaired) electrons. The quantitative estimate of drug-likeness (QED) is 0.433. The van der Waals surface area contributed by atoms with Crippen molar-refractivity contribution in [3.8, 4) is 0 Å². The monoisotopic (exact) mass is 380 g/mol. The van der Waals surface area contributed by atoms with E-state index in [0.717, 1.165) is 26.3 Å². The number of halogens is 2. The van der Waals surface area contributed by atoms with Crippen molar-refractivity contribution in [2.45, 2.75) is 5.33 Å². The Kier molecular flexibility index (Phi) is 3.23. The van der Waals surface area contributed by atoms with Gasteiger partial charge in [0.15, 0.2) is 6.29 Å². The van der Waals surface area contributed by atoms with Crippen LogP contribution in [0.25, 0.3) is 10.1 Å². The highest BCUT2D eigenvalue weighted by molar-refractivity contribution is 14.1. The van der Waals surface area contributed by atoms with E-state index in [4.69, 9.17) is 0 Å². The van der Waals surface area contributed by atoms with Gasteiger partial charge < -0.3 is 0 Å². The molecular weight excluding hydrogens is 375 g/mol. The van der Waals surface area contributed by atoms with Gasteiger partial charge in [-0.15, -0.1) is 11.3 Å². The third-order valence-corrected chi connectivity index (χ3v) is 4.71. The van der Waals surface area contributed by atoms with Crippen LogP contribution in [0.4, 0.5) is 0 Å². The van der Waals surface area contributed by atoms with Crippen LogP contribution in [0.2, 0.25) is 0 Å². The number of fused-ring (bicyclic) bond motifs is 1. The lowest BCUT2D eigenvalue weighted by Crippen LogP contribution is -1.93. The van der Waals surface area contributed by atoms with E-state index in [2.05, 4.69) is 56.0 Å². The second-order valence-corrected chi connectivity index (χ2v) is 5.43. The van der Waals surface area contributed by atoms with Crippen molar-refractivity contribution in [2.75, 3.05) is 0 Å². The highest BCUT2D eigenvalue weighted by atomic mass is 127. The fraction of sp³-hybridized carbons (Fsp3) is 0.100. The highest BCUT2D eigenvalue weighted by Gasteiger charge is 2.10. The van der Waals surface area contributed by atoms with Crippen molar-refractivity contribution in [3.63, 3.8) is 0 Å². The number of carbonyl (C=O) groups excluding carboxylic acids is 1. The summed E-state index contributed by atoms with van der Waals surface area (Å²) in [5.41, 5.74) is 1.88. The Morgan fingerprint density at radius 1 is 1.57 bits per heavy atom. The van der Waals surface area contributed by atoms with E-state index in [1.807, 2.05) is 0 Å². The van der Waals surface area contributed by atoms with E-state index in [1.54, 1.807) is 11.3 Å². The summed E-state index contributed by atoms with van der Waals surface area (Å²) in [5.74, 6) is 0. The van der Waals surface area contributed by atoms with Crippen molar-refractivity contribution >= 4 is 66.2 Å². The summed E-state index contributed by atoms with van der Waals surface area (Å²) in [6.45, 7) is 0. The molecule has 72 valence electrons. The standard InChI is InChI=1S/C10H6BrIOS/c11-4-6-3-9-7(1-2-14-9)10(12)8(6)5-13/h1-3,5H,4H2. The van der Waals surface area contributed by atoms with Crippen molar-refractivity contribution in [2.24, 2.45) is 0 Å². The van der Waals surface area contributed by atoms with E-state index in [1.165, 1.54) is 10.1 Å². The first-order valence-corrected chi connectivity index (χ1v) is 7.05. The Morgan fingerprint density at radius 3 is 3.00 bits per heavy atom. The average Bonchev–Trinajstić information content (AvgIpc) is 2.65. The molecule has 14 heavy (non-hydrogen) atoms. The number of aldehydes is 1. The third kappa shape index (κ3) is 1.63. The number of hydrogen-bond donors (Lipinski definition) is 0. The number of alkyl halides is 1. The number of rotatable bonds is 2. The average molecular weight is 381 g/mol. The van der Waals surface area contributed by atoms with Crippen LogP contribution in [0.5, 0.6) is 0 Å². The van der Waals surface area contributed by atoms with Crippen molar-refractivity contribution < 1.29 is 4.79 Å². The van der Waals surface area contributed by atoms with Gasteiger partial charge in [-0.25, -0.2) is 0 Å². The minimum absolute atomic E-state index is 0.727. The van der Waals surface area contributed by atoms with Crippen LogP contribution in [-0.2, 0) is 5.33 Å². The Bertz CT molecular complexity index is 492. The van der Waals surface area contributed by atoms with Crippen LogP contribution in [0.15, 0.2) is 17.5 Å². The predicted molar refractivity (Wildman–Crippen MR) is 72.6 cm³/mol. The van der Waals surface area contributed by atoms with Gasteiger partial charge in [-0.3, -0.25) is 4.79 Å². The Balaban J connectivity index is 2.85. The lowest BCUT2D eigenvalue weighted by Gasteiger charge is -2.04. The van der Waals surface area contributed by atoms with Gasteiger partial charge in [0.25, 0.3) is 0 Å². The Morgan fingerprint density at radius 2 is 2.36 bits per heavy atom. The van der Waals surface area contributed by atoms with Gasteiger partial charge in [0, 0.05) is 24.5 Å². The van der Waals surface area contributed by atoms with E-state index >= 15 is 0 Å². The molecule has 0 saturated heterocycles. The summed E-state index contributed by atoms with van der Waals surface area (Å²) in [5, 5.41) is 3.96. The molecule has 0 bridgehead atoms. The van der Waals surface area contributed by atoms with Crippen LogP contribution in [0.3, 0.4) is 0 Å². The molecule has 0 unspecified atom stereocenters. The summed E-state index contributed by atoms with van der Waals surface area (Å²) in [7, 11) is 0. The minimum atomic E-state index is 0.727. The summed E-state index contributed by atoms with van der Waals surface area (Å²) in [4.78, 5) is 11.0. The van der Waals surface area contributed by atoms with Crippen LogP contribution in [-0.4, -0.2) is 6.29 Å². The van der Waals surface area contributed by atoms with Crippen LogP contribution in [0, 0.1) is 3.57 Å². The molecule has 4 heteroatoms. The largest absolute Gasteiger partial charge is 0.298 e. The molecule has 2 aromatic rings. The Hall–Kier alpha value is 0.0600. The molecular formula is C10H6BrIOS. The van der Waals surface area contributed by atoms with Gasteiger partial charge in [-0.2, -0.15) is 0 Å². The lowest BCUT2D eigenvalue weighted by molar-refractivity contribution is 0.112. The molecule has 0 aliphatic rings. The van der Waals surface area contributed by atoms with E-state index in [0.29, 0.717) is 0 Å². The van der Waals surface area contributed by atoms with Crippen molar-refractivity contribution in [3.05, 3.63) is 32.2 Å². The number of carbonyl (C=O) groups is 1.